The van der Waals surface area contributed by atoms with Crippen LogP contribution in [0.5, 0.6) is 0 Å². The molecule has 0 heterocycles. The highest BCUT2D eigenvalue weighted by Gasteiger charge is 2.20. The third-order valence-corrected chi connectivity index (χ3v) is 1.60. The van der Waals surface area contributed by atoms with Gasteiger partial charge in [0, 0.05) is 0 Å². The molecule has 15 heavy (non-hydrogen) atoms. The molecule has 0 fully saturated rings. The smallest absolute Gasteiger partial charge is 0.306 e. The van der Waals surface area contributed by atoms with Gasteiger partial charge in [-0.15, -0.1) is 0 Å². The van der Waals surface area contributed by atoms with Gasteiger partial charge in [0.2, 0.25) is 0 Å². The zero-order valence-corrected chi connectivity index (χ0v) is 8.00. The van der Waals surface area contributed by atoms with Gasteiger partial charge in [0.15, 0.2) is 0 Å². The van der Waals surface area contributed by atoms with E-state index in [1.165, 1.54) is 0 Å². The van der Waals surface area contributed by atoms with Crippen molar-refractivity contribution in [3.05, 3.63) is 0 Å². The second-order valence-electron chi connectivity index (χ2n) is 2.94. The molecule has 0 aromatic carbocycles. The Morgan fingerprint density at radius 1 is 0.933 bits per heavy atom. The molecule has 0 saturated heterocycles. The lowest BCUT2D eigenvalue weighted by atomic mass is 10.2. The molecule has 4 N–H and O–H groups in total. The Kier molecular flexibility index (Phi) is 6.59. The molecule has 0 aliphatic carbocycles. The molecule has 0 radical (unpaired) electrons. The summed E-state index contributed by atoms with van der Waals surface area (Å²) in [5.74, 6) is -2.33. The zero-order valence-electron chi connectivity index (χ0n) is 8.00. The van der Waals surface area contributed by atoms with E-state index >= 15 is 0 Å². The van der Waals surface area contributed by atoms with Gasteiger partial charge in [-0.1, -0.05) is 0 Å². The van der Waals surface area contributed by atoms with Crippen LogP contribution in [-0.2, 0) is 14.3 Å². The summed E-state index contributed by atoms with van der Waals surface area (Å²) in [5, 5.41) is 34.3. The van der Waals surface area contributed by atoms with Crippen molar-refractivity contribution in [3.8, 4) is 0 Å². The highest BCUT2D eigenvalue weighted by Crippen LogP contribution is 2.06. The molecule has 7 heteroatoms. The molecule has 2 atom stereocenters. The first-order valence-corrected chi connectivity index (χ1v) is 4.30. The highest BCUT2D eigenvalue weighted by atomic mass is 16.5. The van der Waals surface area contributed by atoms with Crippen molar-refractivity contribution in [3.63, 3.8) is 0 Å². The molecule has 2 unspecified atom stereocenters. The second kappa shape index (κ2) is 7.16. The lowest BCUT2D eigenvalue weighted by Crippen LogP contribution is -2.31. The van der Waals surface area contributed by atoms with Crippen molar-refractivity contribution in [2.24, 2.45) is 0 Å². The van der Waals surface area contributed by atoms with Crippen molar-refractivity contribution in [1.82, 2.24) is 0 Å². The summed E-state index contributed by atoms with van der Waals surface area (Å²) in [7, 11) is 0. The molecule has 0 spiro atoms. The summed E-state index contributed by atoms with van der Waals surface area (Å²) < 4.78 is 4.91. The molecule has 0 aromatic heterocycles. The predicted octanol–water partition coefficient (Wildman–Crippen LogP) is -1.33. The third-order valence-electron chi connectivity index (χ3n) is 1.60. The summed E-state index contributed by atoms with van der Waals surface area (Å²) in [6.07, 6.45) is -2.88. The first-order chi connectivity index (χ1) is 6.99. The molecule has 0 aliphatic rings. The average molecular weight is 222 g/mol. The number of aliphatic hydroxyl groups excluding tert-OH is 2. The van der Waals surface area contributed by atoms with Gasteiger partial charge in [0.1, 0.15) is 0 Å². The van der Waals surface area contributed by atoms with Crippen molar-refractivity contribution < 1.29 is 34.8 Å². The van der Waals surface area contributed by atoms with Crippen molar-refractivity contribution in [2.75, 3.05) is 13.2 Å². The van der Waals surface area contributed by atoms with E-state index in [1.807, 2.05) is 0 Å². The fraction of sp³-hybridized carbons (Fsp3) is 0.750. The number of carboxylic acids is 2. The maximum atomic E-state index is 10.3. The summed E-state index contributed by atoms with van der Waals surface area (Å²) in [6.45, 7) is -1.08. The number of hydrogen-bond donors (Lipinski definition) is 4. The van der Waals surface area contributed by atoms with Gasteiger partial charge in [-0.2, -0.15) is 0 Å². The zero-order chi connectivity index (χ0) is 11.8. The molecule has 0 bridgehead atoms. The first-order valence-electron chi connectivity index (χ1n) is 4.30. The van der Waals surface area contributed by atoms with Crippen LogP contribution in [0.25, 0.3) is 0 Å². The number of carbonyl (C=O) groups is 2. The monoisotopic (exact) mass is 222 g/mol. The lowest BCUT2D eigenvalue weighted by Gasteiger charge is -2.19. The van der Waals surface area contributed by atoms with Gasteiger partial charge in [-0.05, 0) is 0 Å². The number of carboxylic acid groups (broad SMARTS) is 2. The standard InChI is InChI=1S/C8H14O7/c9-3-5(1-7(11)12)15-6(4-10)2-8(13)14/h5-6,9-10H,1-4H2,(H,11,12)(H,13,14). The molecule has 88 valence electrons. The Labute approximate surface area is 85.9 Å². The Bertz CT molecular complexity index is 193. The molecule has 0 saturated carbocycles. The topological polar surface area (TPSA) is 124 Å². The van der Waals surface area contributed by atoms with Crippen LogP contribution in [0.15, 0.2) is 0 Å². The lowest BCUT2D eigenvalue weighted by molar-refractivity contribution is -0.148. The largest absolute Gasteiger partial charge is 0.481 e. The minimum absolute atomic E-state index is 0.438. The molecule has 7 nitrogen and oxygen atoms in total. The van der Waals surface area contributed by atoms with Gasteiger partial charge in [-0.25, -0.2) is 0 Å². The fourth-order valence-electron chi connectivity index (χ4n) is 0.973. The van der Waals surface area contributed by atoms with E-state index in [2.05, 4.69) is 0 Å². The fourth-order valence-corrected chi connectivity index (χ4v) is 0.973. The van der Waals surface area contributed by atoms with Gasteiger partial charge in [-0.3, -0.25) is 9.59 Å². The van der Waals surface area contributed by atoms with Crippen LogP contribution in [0.1, 0.15) is 12.8 Å². The van der Waals surface area contributed by atoms with Gasteiger partial charge in [0.05, 0.1) is 38.3 Å². The predicted molar refractivity (Wildman–Crippen MR) is 47.3 cm³/mol. The van der Waals surface area contributed by atoms with Gasteiger partial charge < -0.3 is 25.2 Å². The minimum atomic E-state index is -1.17. The van der Waals surface area contributed by atoms with E-state index in [0.717, 1.165) is 0 Å². The van der Waals surface area contributed by atoms with Crippen LogP contribution in [0.3, 0.4) is 0 Å². The molecular formula is C8H14O7. The van der Waals surface area contributed by atoms with E-state index in [0.29, 0.717) is 0 Å². The summed E-state index contributed by atoms with van der Waals surface area (Å²) in [4.78, 5) is 20.6. The van der Waals surface area contributed by atoms with Crippen molar-refractivity contribution in [2.45, 2.75) is 25.0 Å². The Morgan fingerprint density at radius 2 is 1.27 bits per heavy atom. The van der Waals surface area contributed by atoms with Crippen LogP contribution >= 0.6 is 0 Å². The number of aliphatic hydroxyl groups is 2. The van der Waals surface area contributed by atoms with Crippen LogP contribution < -0.4 is 0 Å². The maximum Gasteiger partial charge on any atom is 0.306 e. The van der Waals surface area contributed by atoms with E-state index in [1.54, 1.807) is 0 Å². The van der Waals surface area contributed by atoms with E-state index in [-0.39, 0.29) is 0 Å². The normalized spacial score (nSPS) is 14.5. The first kappa shape index (κ1) is 13.8. The number of aliphatic carboxylic acids is 2. The molecule has 0 aromatic rings. The van der Waals surface area contributed by atoms with Gasteiger partial charge in [0.25, 0.3) is 0 Å². The SMILES string of the molecule is O=C(O)CC(CO)OC(CO)CC(=O)O. The Balaban J connectivity index is 4.10. The molecular weight excluding hydrogens is 208 g/mol. The van der Waals surface area contributed by atoms with Crippen LogP contribution in [0.4, 0.5) is 0 Å². The molecule has 0 aliphatic heterocycles. The molecule has 0 rings (SSSR count). The van der Waals surface area contributed by atoms with Gasteiger partial charge >= 0.3 is 11.9 Å². The Morgan fingerprint density at radius 3 is 1.47 bits per heavy atom. The summed E-state index contributed by atoms with van der Waals surface area (Å²) >= 11 is 0. The third kappa shape index (κ3) is 6.83. The van der Waals surface area contributed by atoms with Crippen molar-refractivity contribution >= 4 is 11.9 Å². The maximum absolute atomic E-state index is 10.3. The summed E-state index contributed by atoms with van der Waals surface area (Å²) in [6, 6.07) is 0. The number of hydrogen-bond acceptors (Lipinski definition) is 5. The highest BCUT2D eigenvalue weighted by molar-refractivity contribution is 5.68. The van der Waals surface area contributed by atoms with Crippen LogP contribution in [0, 0.1) is 0 Å². The number of rotatable bonds is 8. The average Bonchev–Trinajstić information content (AvgIpc) is 2.14. The van der Waals surface area contributed by atoms with Crippen molar-refractivity contribution in [1.29, 1.82) is 0 Å². The van der Waals surface area contributed by atoms with E-state index in [4.69, 9.17) is 25.2 Å². The quantitative estimate of drug-likeness (QED) is 0.401. The Hall–Kier alpha value is -1.18. The second-order valence-corrected chi connectivity index (χ2v) is 2.94. The minimum Gasteiger partial charge on any atom is -0.481 e. The van der Waals surface area contributed by atoms with Crippen LogP contribution in [-0.4, -0.2) is 57.8 Å². The van der Waals surface area contributed by atoms with E-state index < -0.39 is 50.2 Å². The number of ether oxygens (including phenoxy) is 1. The van der Waals surface area contributed by atoms with E-state index in [9.17, 15) is 9.59 Å². The van der Waals surface area contributed by atoms with Crippen LogP contribution in [0.2, 0.25) is 0 Å². The summed E-state index contributed by atoms with van der Waals surface area (Å²) in [5.41, 5.74) is 0. The molecule has 0 amide bonds.